The van der Waals surface area contributed by atoms with Gasteiger partial charge in [-0.05, 0) is 67.5 Å². The molecule has 0 aliphatic carbocycles. The molecule has 3 aromatic rings. The quantitative estimate of drug-likeness (QED) is 0.472. The summed E-state index contributed by atoms with van der Waals surface area (Å²) in [6, 6.07) is 15.1. The van der Waals surface area contributed by atoms with Crippen LogP contribution in [0.2, 0.25) is 10.0 Å². The molecule has 1 aromatic carbocycles. The summed E-state index contributed by atoms with van der Waals surface area (Å²) in [6.07, 6.45) is 4.07. The van der Waals surface area contributed by atoms with Crippen molar-refractivity contribution in [2.24, 2.45) is 0 Å². The fourth-order valence-electron chi connectivity index (χ4n) is 4.24. The zero-order chi connectivity index (χ0) is 21.4. The summed E-state index contributed by atoms with van der Waals surface area (Å²) in [5.41, 5.74) is 1.78. The molecular weight excluding hydrogens is 453 g/mol. The monoisotopic (exact) mass is 473 g/mol. The molecule has 0 spiro atoms. The van der Waals surface area contributed by atoms with Gasteiger partial charge in [-0.3, -0.25) is 4.98 Å². The van der Waals surface area contributed by atoms with Crippen molar-refractivity contribution < 1.29 is 9.15 Å². The van der Waals surface area contributed by atoms with E-state index in [4.69, 9.17) is 44.6 Å². The Morgan fingerprint density at radius 2 is 2.03 bits per heavy atom. The number of furan rings is 1. The van der Waals surface area contributed by atoms with Gasteiger partial charge in [-0.1, -0.05) is 29.3 Å². The zero-order valence-corrected chi connectivity index (χ0v) is 19.0. The molecule has 8 heteroatoms. The average molecular weight is 474 g/mol. The third kappa shape index (κ3) is 4.17. The number of benzene rings is 1. The molecule has 4 heterocycles. The fraction of sp³-hybridized carbons (Fsp3) is 0.304. The Labute approximate surface area is 196 Å². The van der Waals surface area contributed by atoms with E-state index in [9.17, 15) is 0 Å². The summed E-state index contributed by atoms with van der Waals surface area (Å²) in [7, 11) is 0. The highest BCUT2D eigenvalue weighted by Gasteiger charge is 2.42. The molecule has 160 valence electrons. The first kappa shape index (κ1) is 20.8. The predicted molar refractivity (Wildman–Crippen MR) is 125 cm³/mol. The Hall–Kier alpha value is -2.12. The van der Waals surface area contributed by atoms with E-state index in [0.717, 1.165) is 42.2 Å². The first-order chi connectivity index (χ1) is 15.1. The van der Waals surface area contributed by atoms with E-state index in [0.29, 0.717) is 21.7 Å². The van der Waals surface area contributed by atoms with Crippen molar-refractivity contribution >= 4 is 40.5 Å². The third-order valence-electron chi connectivity index (χ3n) is 5.74. The number of hydrogen-bond donors (Lipinski definition) is 1. The van der Waals surface area contributed by atoms with Crippen molar-refractivity contribution in [3.8, 4) is 11.3 Å². The van der Waals surface area contributed by atoms with Gasteiger partial charge in [0.2, 0.25) is 0 Å². The Kier molecular flexibility index (Phi) is 5.89. The minimum absolute atomic E-state index is 0.122. The number of hydrogen-bond acceptors (Lipinski definition) is 4. The van der Waals surface area contributed by atoms with Gasteiger partial charge in [-0.2, -0.15) is 0 Å². The van der Waals surface area contributed by atoms with Crippen molar-refractivity contribution in [2.75, 3.05) is 13.2 Å². The lowest BCUT2D eigenvalue weighted by atomic mass is 10.0. The number of ether oxygens (including phenoxy) is 1. The Morgan fingerprint density at radius 3 is 2.77 bits per heavy atom. The molecule has 0 saturated carbocycles. The second-order valence-corrected chi connectivity index (χ2v) is 8.95. The molecule has 2 saturated heterocycles. The minimum atomic E-state index is -0.136. The minimum Gasteiger partial charge on any atom is -0.459 e. The number of rotatable bonds is 5. The van der Waals surface area contributed by atoms with E-state index in [1.54, 1.807) is 12.3 Å². The van der Waals surface area contributed by atoms with Crippen molar-refractivity contribution in [1.29, 1.82) is 0 Å². The first-order valence-electron chi connectivity index (χ1n) is 10.2. The second-order valence-electron chi connectivity index (χ2n) is 7.74. The molecule has 0 amide bonds. The maximum atomic E-state index is 6.33. The predicted octanol–water partition coefficient (Wildman–Crippen LogP) is 5.80. The van der Waals surface area contributed by atoms with Crippen LogP contribution in [0.1, 0.15) is 36.4 Å². The van der Waals surface area contributed by atoms with Crippen molar-refractivity contribution in [1.82, 2.24) is 15.2 Å². The zero-order valence-electron chi connectivity index (χ0n) is 16.6. The molecule has 0 unspecified atom stereocenters. The smallest absolute Gasteiger partial charge is 0.170 e. The standard InChI is InChI=1S/C23H21Cl2N3O2S/c24-16-7-6-14(12-17(16)25)19-8-9-20(30-19)22-21(18-5-1-2-10-26-18)27-23(31)28(22)13-15-4-3-11-29-15/h1-2,5-10,12,15,21-22H,3-4,11,13H2,(H,27,31)/t15-,21-,22+/m1/s1. The summed E-state index contributed by atoms with van der Waals surface area (Å²) < 4.78 is 12.2. The number of nitrogens with zero attached hydrogens (tertiary/aromatic N) is 2. The molecule has 31 heavy (non-hydrogen) atoms. The molecule has 2 aliphatic heterocycles. The van der Waals surface area contributed by atoms with Gasteiger partial charge >= 0.3 is 0 Å². The number of halogens is 2. The molecular formula is C23H21Cl2N3O2S. The summed E-state index contributed by atoms with van der Waals surface area (Å²) in [5, 5.41) is 5.14. The van der Waals surface area contributed by atoms with Gasteiger partial charge in [-0.15, -0.1) is 0 Å². The summed E-state index contributed by atoms with van der Waals surface area (Å²) in [6.45, 7) is 1.51. The van der Waals surface area contributed by atoms with E-state index in [1.165, 1.54) is 0 Å². The molecule has 0 bridgehead atoms. The fourth-order valence-corrected chi connectivity index (χ4v) is 4.85. The van der Waals surface area contributed by atoms with E-state index in [-0.39, 0.29) is 18.2 Å². The van der Waals surface area contributed by atoms with E-state index >= 15 is 0 Å². The van der Waals surface area contributed by atoms with Gasteiger partial charge in [0.1, 0.15) is 17.6 Å². The second kappa shape index (κ2) is 8.79. The van der Waals surface area contributed by atoms with E-state index < -0.39 is 0 Å². The van der Waals surface area contributed by atoms with Crippen LogP contribution in [0.4, 0.5) is 0 Å². The van der Waals surface area contributed by atoms with Crippen LogP contribution in [0.25, 0.3) is 11.3 Å². The SMILES string of the molecule is S=C1N[C@H](c2ccccn2)[C@H](c2ccc(-c3ccc(Cl)c(Cl)c3)o2)N1C[C@H]1CCCO1. The van der Waals surface area contributed by atoms with Gasteiger partial charge in [-0.25, -0.2) is 0 Å². The maximum Gasteiger partial charge on any atom is 0.170 e. The Bertz CT molecular complexity index is 1090. The molecule has 2 aliphatic rings. The molecule has 2 aromatic heterocycles. The third-order valence-corrected chi connectivity index (χ3v) is 6.84. The van der Waals surface area contributed by atoms with Crippen LogP contribution >= 0.6 is 35.4 Å². The molecule has 5 nitrogen and oxygen atoms in total. The van der Waals surface area contributed by atoms with Crippen LogP contribution in [-0.4, -0.2) is 34.3 Å². The van der Waals surface area contributed by atoms with Gasteiger partial charge < -0.3 is 19.4 Å². The van der Waals surface area contributed by atoms with Crippen molar-refractivity contribution in [3.63, 3.8) is 0 Å². The van der Waals surface area contributed by atoms with Crippen LogP contribution in [0.3, 0.4) is 0 Å². The summed E-state index contributed by atoms with van der Waals surface area (Å²) >= 11 is 18.0. The number of pyridine rings is 1. The lowest BCUT2D eigenvalue weighted by molar-refractivity contribution is 0.0818. The normalized spacial score (nSPS) is 23.4. The highest BCUT2D eigenvalue weighted by atomic mass is 35.5. The van der Waals surface area contributed by atoms with Crippen molar-refractivity contribution in [3.05, 3.63) is 76.2 Å². The van der Waals surface area contributed by atoms with E-state index in [2.05, 4.69) is 15.2 Å². The van der Waals surface area contributed by atoms with Crippen LogP contribution in [0.5, 0.6) is 0 Å². The molecule has 0 radical (unpaired) electrons. The van der Waals surface area contributed by atoms with Gasteiger partial charge in [0, 0.05) is 24.9 Å². The number of nitrogens with one attached hydrogen (secondary N) is 1. The lowest BCUT2D eigenvalue weighted by Crippen LogP contribution is -2.36. The van der Waals surface area contributed by atoms with Gasteiger partial charge in [0.25, 0.3) is 0 Å². The topological polar surface area (TPSA) is 50.5 Å². The van der Waals surface area contributed by atoms with Gasteiger partial charge in [0.15, 0.2) is 5.11 Å². The highest BCUT2D eigenvalue weighted by molar-refractivity contribution is 7.80. The highest BCUT2D eigenvalue weighted by Crippen LogP contribution is 2.41. The number of thiocarbonyl (C=S) groups is 1. The lowest BCUT2D eigenvalue weighted by Gasteiger charge is -2.28. The average Bonchev–Trinajstić information content (AvgIpc) is 3.52. The Morgan fingerprint density at radius 1 is 1.13 bits per heavy atom. The van der Waals surface area contributed by atoms with Crippen LogP contribution in [0.15, 0.2) is 59.1 Å². The van der Waals surface area contributed by atoms with Crippen LogP contribution < -0.4 is 5.32 Å². The van der Waals surface area contributed by atoms with Crippen LogP contribution in [-0.2, 0) is 4.74 Å². The number of aromatic nitrogens is 1. The summed E-state index contributed by atoms with van der Waals surface area (Å²) in [4.78, 5) is 6.74. The van der Waals surface area contributed by atoms with Crippen molar-refractivity contribution in [2.45, 2.75) is 31.0 Å². The molecule has 5 rings (SSSR count). The first-order valence-corrected chi connectivity index (χ1v) is 11.4. The van der Waals surface area contributed by atoms with Gasteiger partial charge in [0.05, 0.1) is 27.9 Å². The van der Waals surface area contributed by atoms with E-state index in [1.807, 2.05) is 42.5 Å². The molecule has 3 atom stereocenters. The summed E-state index contributed by atoms with van der Waals surface area (Å²) in [5.74, 6) is 1.53. The van der Waals surface area contributed by atoms with Crippen LogP contribution in [0, 0.1) is 0 Å². The maximum absolute atomic E-state index is 6.33. The Balaban J connectivity index is 1.50. The largest absolute Gasteiger partial charge is 0.459 e. The molecule has 2 fully saturated rings. The molecule has 1 N–H and O–H groups in total.